The molecule has 1 heterocycles. The number of nitrogens with one attached hydrogen (secondary N) is 2. The molecule has 2 N–H and O–H groups in total. The van der Waals surface area contributed by atoms with Crippen molar-refractivity contribution in [3.63, 3.8) is 0 Å². The van der Waals surface area contributed by atoms with Crippen LogP contribution in [0.2, 0.25) is 0 Å². The molecule has 2 atom stereocenters. The minimum atomic E-state index is -0.306. The SMILES string of the molecule is CCNC(=O)N1CC(C(=O)Nc2ccc(OC)cc2OC)CCC1c1ccccc1. The minimum Gasteiger partial charge on any atom is -0.497 e. The van der Waals surface area contributed by atoms with Gasteiger partial charge in [-0.1, -0.05) is 30.3 Å². The Hall–Kier alpha value is -3.22. The maximum atomic E-state index is 13.0. The molecule has 2 aromatic carbocycles. The van der Waals surface area contributed by atoms with Gasteiger partial charge in [0, 0.05) is 19.2 Å². The molecule has 7 nitrogen and oxygen atoms in total. The van der Waals surface area contributed by atoms with Gasteiger partial charge in [-0.2, -0.15) is 0 Å². The molecule has 7 heteroatoms. The molecule has 0 bridgehead atoms. The van der Waals surface area contributed by atoms with Crippen LogP contribution in [0.4, 0.5) is 10.5 Å². The van der Waals surface area contributed by atoms with Crippen LogP contribution in [-0.2, 0) is 4.79 Å². The number of ether oxygens (including phenoxy) is 2. The smallest absolute Gasteiger partial charge is 0.317 e. The van der Waals surface area contributed by atoms with Crippen molar-refractivity contribution in [3.8, 4) is 11.5 Å². The summed E-state index contributed by atoms with van der Waals surface area (Å²) in [7, 11) is 3.13. The standard InChI is InChI=1S/C23H29N3O4/c1-4-24-23(28)26-15-17(10-13-20(26)16-8-6-5-7-9-16)22(27)25-19-12-11-18(29-2)14-21(19)30-3/h5-9,11-12,14,17,20H,4,10,13,15H2,1-3H3,(H,24,28)(H,25,27). The summed E-state index contributed by atoms with van der Waals surface area (Å²) in [6, 6.07) is 15.0. The number of benzene rings is 2. The number of anilines is 1. The maximum absolute atomic E-state index is 13.0. The predicted molar refractivity (Wildman–Crippen MR) is 116 cm³/mol. The van der Waals surface area contributed by atoms with E-state index in [9.17, 15) is 9.59 Å². The van der Waals surface area contributed by atoms with Crippen LogP contribution < -0.4 is 20.1 Å². The zero-order valence-corrected chi connectivity index (χ0v) is 17.7. The van der Waals surface area contributed by atoms with E-state index in [4.69, 9.17) is 9.47 Å². The normalized spacial score (nSPS) is 18.4. The third kappa shape index (κ3) is 4.84. The van der Waals surface area contributed by atoms with Gasteiger partial charge in [0.25, 0.3) is 0 Å². The molecule has 0 aliphatic carbocycles. The summed E-state index contributed by atoms with van der Waals surface area (Å²) in [5, 5.41) is 5.83. The first-order chi connectivity index (χ1) is 14.6. The van der Waals surface area contributed by atoms with Gasteiger partial charge in [0.2, 0.25) is 5.91 Å². The van der Waals surface area contributed by atoms with Gasteiger partial charge >= 0.3 is 6.03 Å². The van der Waals surface area contributed by atoms with Crippen LogP contribution in [0.25, 0.3) is 0 Å². The highest BCUT2D eigenvalue weighted by atomic mass is 16.5. The fourth-order valence-electron chi connectivity index (χ4n) is 3.82. The van der Waals surface area contributed by atoms with Gasteiger partial charge in [0.1, 0.15) is 11.5 Å². The Morgan fingerprint density at radius 3 is 2.50 bits per heavy atom. The zero-order valence-electron chi connectivity index (χ0n) is 17.7. The largest absolute Gasteiger partial charge is 0.497 e. The van der Waals surface area contributed by atoms with E-state index in [1.807, 2.05) is 37.3 Å². The molecule has 1 saturated heterocycles. The molecule has 1 aliphatic heterocycles. The first-order valence-electron chi connectivity index (χ1n) is 10.2. The highest BCUT2D eigenvalue weighted by molar-refractivity contribution is 5.94. The maximum Gasteiger partial charge on any atom is 0.317 e. The fourth-order valence-corrected chi connectivity index (χ4v) is 3.82. The highest BCUT2D eigenvalue weighted by Gasteiger charge is 2.35. The van der Waals surface area contributed by atoms with Crippen molar-refractivity contribution in [1.29, 1.82) is 0 Å². The minimum absolute atomic E-state index is 0.0441. The van der Waals surface area contributed by atoms with Crippen molar-refractivity contribution >= 4 is 17.6 Å². The highest BCUT2D eigenvalue weighted by Crippen LogP contribution is 2.35. The summed E-state index contributed by atoms with van der Waals surface area (Å²) in [5.74, 6) is 0.746. The van der Waals surface area contributed by atoms with Crippen LogP contribution in [0.3, 0.4) is 0 Å². The van der Waals surface area contributed by atoms with Gasteiger partial charge in [0.15, 0.2) is 0 Å². The van der Waals surface area contributed by atoms with E-state index >= 15 is 0 Å². The van der Waals surface area contributed by atoms with E-state index in [-0.39, 0.29) is 23.9 Å². The van der Waals surface area contributed by atoms with Gasteiger partial charge in [-0.3, -0.25) is 4.79 Å². The van der Waals surface area contributed by atoms with Crippen LogP contribution >= 0.6 is 0 Å². The third-order valence-electron chi connectivity index (χ3n) is 5.39. The molecule has 0 saturated carbocycles. The first kappa shape index (κ1) is 21.5. The van der Waals surface area contributed by atoms with Gasteiger partial charge in [-0.05, 0) is 37.5 Å². The number of carbonyl (C=O) groups is 2. The first-order valence-corrected chi connectivity index (χ1v) is 10.2. The number of hydrogen-bond donors (Lipinski definition) is 2. The lowest BCUT2D eigenvalue weighted by Gasteiger charge is -2.39. The van der Waals surface area contributed by atoms with Crippen LogP contribution in [0.15, 0.2) is 48.5 Å². The molecule has 3 amide bonds. The monoisotopic (exact) mass is 411 g/mol. The van der Waals surface area contributed by atoms with Crippen LogP contribution in [0, 0.1) is 5.92 Å². The fraction of sp³-hybridized carbons (Fsp3) is 0.391. The molecule has 2 unspecified atom stereocenters. The molecule has 30 heavy (non-hydrogen) atoms. The summed E-state index contributed by atoms with van der Waals surface area (Å²) < 4.78 is 10.6. The molecule has 0 spiro atoms. The van der Waals surface area contributed by atoms with E-state index in [0.29, 0.717) is 36.7 Å². The van der Waals surface area contributed by atoms with Crippen molar-refractivity contribution < 1.29 is 19.1 Å². The summed E-state index contributed by atoms with van der Waals surface area (Å²) in [6.07, 6.45) is 1.42. The average Bonchev–Trinajstić information content (AvgIpc) is 2.79. The van der Waals surface area contributed by atoms with E-state index in [0.717, 1.165) is 12.0 Å². The van der Waals surface area contributed by atoms with Crippen LogP contribution in [0.5, 0.6) is 11.5 Å². The number of methoxy groups -OCH3 is 2. The lowest BCUT2D eigenvalue weighted by Crippen LogP contribution is -2.49. The van der Waals surface area contributed by atoms with Crippen molar-refractivity contribution in [2.45, 2.75) is 25.8 Å². The van der Waals surface area contributed by atoms with E-state index in [1.54, 1.807) is 37.3 Å². The van der Waals surface area contributed by atoms with Gasteiger partial charge in [-0.25, -0.2) is 4.79 Å². The Morgan fingerprint density at radius 1 is 1.07 bits per heavy atom. The molecule has 2 aromatic rings. The lowest BCUT2D eigenvalue weighted by molar-refractivity contribution is -0.121. The molecule has 3 rings (SSSR count). The molecular formula is C23H29N3O4. The van der Waals surface area contributed by atoms with E-state index < -0.39 is 0 Å². The van der Waals surface area contributed by atoms with Crippen molar-refractivity contribution in [3.05, 3.63) is 54.1 Å². The summed E-state index contributed by atoms with van der Waals surface area (Å²) in [6.45, 7) is 2.78. The number of amides is 3. The van der Waals surface area contributed by atoms with Crippen molar-refractivity contribution in [1.82, 2.24) is 10.2 Å². The molecule has 160 valence electrons. The zero-order chi connectivity index (χ0) is 21.5. The summed E-state index contributed by atoms with van der Waals surface area (Å²) >= 11 is 0. The number of carbonyl (C=O) groups excluding carboxylic acids is 2. The Morgan fingerprint density at radius 2 is 1.83 bits per heavy atom. The molecule has 0 aromatic heterocycles. The summed E-state index contributed by atoms with van der Waals surface area (Å²) in [5.41, 5.74) is 1.66. The molecular weight excluding hydrogens is 382 g/mol. The predicted octanol–water partition coefficient (Wildman–Crippen LogP) is 3.83. The van der Waals surface area contributed by atoms with E-state index in [1.165, 1.54) is 0 Å². The van der Waals surface area contributed by atoms with Crippen LogP contribution in [0.1, 0.15) is 31.4 Å². The number of hydrogen-bond acceptors (Lipinski definition) is 4. The van der Waals surface area contributed by atoms with Gasteiger partial charge in [0.05, 0.1) is 31.9 Å². The second kappa shape index (κ2) is 10.0. The molecule has 0 radical (unpaired) electrons. The number of urea groups is 1. The second-order valence-electron chi connectivity index (χ2n) is 7.24. The molecule has 1 aliphatic rings. The summed E-state index contributed by atoms with van der Waals surface area (Å²) in [4.78, 5) is 27.5. The van der Waals surface area contributed by atoms with Crippen molar-refractivity contribution in [2.75, 3.05) is 32.6 Å². The number of piperidine rings is 1. The van der Waals surface area contributed by atoms with Gasteiger partial charge < -0.3 is 25.0 Å². The Kier molecular flexibility index (Phi) is 7.17. The Bertz CT molecular complexity index is 872. The number of nitrogens with zero attached hydrogens (tertiary/aromatic N) is 1. The number of rotatable bonds is 6. The molecule has 1 fully saturated rings. The Labute approximate surface area is 177 Å². The average molecular weight is 412 g/mol. The van der Waals surface area contributed by atoms with Crippen LogP contribution in [-0.4, -0.2) is 44.1 Å². The lowest BCUT2D eigenvalue weighted by atomic mass is 9.88. The van der Waals surface area contributed by atoms with E-state index in [2.05, 4.69) is 10.6 Å². The quantitative estimate of drug-likeness (QED) is 0.757. The second-order valence-corrected chi connectivity index (χ2v) is 7.24. The number of likely N-dealkylation sites (tertiary alicyclic amines) is 1. The van der Waals surface area contributed by atoms with Gasteiger partial charge in [-0.15, -0.1) is 0 Å². The topological polar surface area (TPSA) is 79.9 Å². The Balaban J connectivity index is 1.76. The third-order valence-corrected chi connectivity index (χ3v) is 5.39. The van der Waals surface area contributed by atoms with Crippen molar-refractivity contribution in [2.24, 2.45) is 5.92 Å².